The first kappa shape index (κ1) is 13.3. The van der Waals surface area contributed by atoms with Gasteiger partial charge in [0.1, 0.15) is 11.3 Å². The number of rotatable bonds is 2. The fourth-order valence-corrected chi connectivity index (χ4v) is 2.26. The Morgan fingerprint density at radius 1 is 1.19 bits per heavy atom. The molecule has 3 heterocycles. The second kappa shape index (κ2) is 5.01. The molecule has 0 spiro atoms. The number of nitrogens with one attached hydrogen (secondary N) is 1. The summed E-state index contributed by atoms with van der Waals surface area (Å²) >= 11 is 0. The van der Waals surface area contributed by atoms with Crippen molar-refractivity contribution in [2.75, 3.05) is 14.1 Å². The molecule has 0 saturated carbocycles. The number of nitrogens with zero attached hydrogens (tertiary/aromatic N) is 3. The lowest BCUT2D eigenvalue weighted by Gasteiger charge is -2.09. The Balaban J connectivity index is 2.03. The van der Waals surface area contributed by atoms with Crippen LogP contribution in [0.4, 0.5) is 0 Å². The molecule has 3 aromatic heterocycles. The van der Waals surface area contributed by atoms with Crippen LogP contribution >= 0.6 is 0 Å². The molecule has 0 radical (unpaired) electrons. The third-order valence-corrected chi connectivity index (χ3v) is 3.37. The first-order chi connectivity index (χ1) is 10.1. The topological polar surface area (TPSA) is 61.9 Å². The van der Waals surface area contributed by atoms with Gasteiger partial charge in [0.15, 0.2) is 0 Å². The predicted molar refractivity (Wildman–Crippen MR) is 82.1 cm³/mol. The first-order valence-electron chi connectivity index (χ1n) is 6.68. The number of fused-ring (bicyclic) bond motifs is 1. The lowest BCUT2D eigenvalue weighted by atomic mass is 10.1. The summed E-state index contributed by atoms with van der Waals surface area (Å²) < 4.78 is 0. The van der Waals surface area contributed by atoms with Crippen LogP contribution in [0.25, 0.3) is 22.2 Å². The summed E-state index contributed by atoms with van der Waals surface area (Å²) in [6, 6.07) is 5.75. The molecule has 1 N–H and O–H groups in total. The van der Waals surface area contributed by atoms with E-state index in [4.69, 9.17) is 0 Å². The SMILES string of the molecule is Cc1cnc2[nH]cc(-c3ccc(C(=O)N(C)C)nc3)c2c1. The molecule has 106 valence electrons. The van der Waals surface area contributed by atoms with Crippen LogP contribution in [-0.4, -0.2) is 39.9 Å². The zero-order valence-corrected chi connectivity index (χ0v) is 12.2. The maximum absolute atomic E-state index is 11.8. The Morgan fingerprint density at radius 2 is 2.00 bits per heavy atom. The molecular weight excluding hydrogens is 264 g/mol. The van der Waals surface area contributed by atoms with Gasteiger partial charge in [-0.15, -0.1) is 0 Å². The summed E-state index contributed by atoms with van der Waals surface area (Å²) in [7, 11) is 3.43. The summed E-state index contributed by atoms with van der Waals surface area (Å²) in [6.45, 7) is 2.01. The molecule has 5 heteroatoms. The van der Waals surface area contributed by atoms with Crippen molar-refractivity contribution in [2.24, 2.45) is 0 Å². The lowest BCUT2D eigenvalue weighted by Crippen LogP contribution is -2.22. The highest BCUT2D eigenvalue weighted by Crippen LogP contribution is 2.27. The number of aromatic amines is 1. The highest BCUT2D eigenvalue weighted by Gasteiger charge is 2.11. The highest BCUT2D eigenvalue weighted by molar-refractivity contribution is 5.95. The number of aromatic nitrogens is 3. The average Bonchev–Trinajstić information content (AvgIpc) is 2.89. The number of amides is 1. The van der Waals surface area contributed by atoms with Crippen LogP contribution in [0.3, 0.4) is 0 Å². The predicted octanol–water partition coefficient (Wildman–Crippen LogP) is 2.64. The van der Waals surface area contributed by atoms with Crippen molar-refractivity contribution >= 4 is 16.9 Å². The number of hydrogen-bond acceptors (Lipinski definition) is 3. The van der Waals surface area contributed by atoms with E-state index in [1.807, 2.05) is 25.4 Å². The van der Waals surface area contributed by atoms with Gasteiger partial charge in [-0.3, -0.25) is 9.78 Å². The summed E-state index contributed by atoms with van der Waals surface area (Å²) in [4.78, 5) is 25.1. The third kappa shape index (κ3) is 2.38. The van der Waals surface area contributed by atoms with Gasteiger partial charge in [-0.05, 0) is 24.6 Å². The number of aryl methyl sites for hydroxylation is 1. The molecule has 0 fully saturated rings. The van der Waals surface area contributed by atoms with Crippen LogP contribution < -0.4 is 0 Å². The minimum absolute atomic E-state index is 0.0991. The van der Waals surface area contributed by atoms with Crippen LogP contribution in [-0.2, 0) is 0 Å². The number of carbonyl (C=O) groups excluding carboxylic acids is 1. The van der Waals surface area contributed by atoms with Crippen molar-refractivity contribution < 1.29 is 4.79 Å². The Bertz CT molecular complexity index is 803. The highest BCUT2D eigenvalue weighted by atomic mass is 16.2. The molecule has 0 aliphatic rings. The Kier molecular flexibility index (Phi) is 3.17. The maximum atomic E-state index is 11.8. The molecule has 0 bridgehead atoms. The molecule has 5 nitrogen and oxygen atoms in total. The zero-order chi connectivity index (χ0) is 15.0. The smallest absolute Gasteiger partial charge is 0.271 e. The van der Waals surface area contributed by atoms with Gasteiger partial charge in [-0.1, -0.05) is 6.07 Å². The fourth-order valence-electron chi connectivity index (χ4n) is 2.26. The van der Waals surface area contributed by atoms with Crippen molar-refractivity contribution in [3.05, 3.63) is 48.0 Å². The van der Waals surface area contributed by atoms with Crippen LogP contribution in [0.2, 0.25) is 0 Å². The summed E-state index contributed by atoms with van der Waals surface area (Å²) in [5.74, 6) is -0.0991. The quantitative estimate of drug-likeness (QED) is 0.785. The number of hydrogen-bond donors (Lipinski definition) is 1. The van der Waals surface area contributed by atoms with E-state index in [2.05, 4.69) is 21.0 Å². The Labute approximate surface area is 122 Å². The van der Waals surface area contributed by atoms with E-state index in [9.17, 15) is 4.79 Å². The van der Waals surface area contributed by atoms with Gasteiger partial charge < -0.3 is 9.88 Å². The minimum atomic E-state index is -0.0991. The monoisotopic (exact) mass is 280 g/mol. The zero-order valence-electron chi connectivity index (χ0n) is 12.2. The van der Waals surface area contributed by atoms with E-state index in [1.165, 1.54) is 4.90 Å². The van der Waals surface area contributed by atoms with Crippen molar-refractivity contribution in [3.63, 3.8) is 0 Å². The van der Waals surface area contributed by atoms with Crippen LogP contribution in [0, 0.1) is 6.92 Å². The lowest BCUT2D eigenvalue weighted by molar-refractivity contribution is 0.0822. The molecule has 0 aliphatic carbocycles. The van der Waals surface area contributed by atoms with Crippen LogP contribution in [0.15, 0.2) is 36.8 Å². The van der Waals surface area contributed by atoms with Crippen molar-refractivity contribution in [2.45, 2.75) is 6.92 Å². The molecule has 0 saturated heterocycles. The fraction of sp³-hybridized carbons (Fsp3) is 0.188. The first-order valence-corrected chi connectivity index (χ1v) is 6.68. The van der Waals surface area contributed by atoms with Crippen LogP contribution in [0.1, 0.15) is 16.1 Å². The molecule has 1 amide bonds. The van der Waals surface area contributed by atoms with Gasteiger partial charge in [-0.25, -0.2) is 4.98 Å². The van der Waals surface area contributed by atoms with Crippen molar-refractivity contribution in [1.29, 1.82) is 0 Å². The van der Waals surface area contributed by atoms with Gasteiger partial charge >= 0.3 is 0 Å². The summed E-state index contributed by atoms with van der Waals surface area (Å²) in [6.07, 6.45) is 5.48. The van der Waals surface area contributed by atoms with Gasteiger partial charge in [0.2, 0.25) is 0 Å². The van der Waals surface area contributed by atoms with E-state index in [0.717, 1.165) is 27.7 Å². The number of carbonyl (C=O) groups is 1. The molecule has 3 aromatic rings. The molecular formula is C16H16N4O. The molecule has 0 atom stereocenters. The van der Waals surface area contributed by atoms with E-state index >= 15 is 0 Å². The van der Waals surface area contributed by atoms with Gasteiger partial charge in [0.05, 0.1) is 0 Å². The van der Waals surface area contributed by atoms with Gasteiger partial charge in [0, 0.05) is 49.2 Å². The summed E-state index contributed by atoms with van der Waals surface area (Å²) in [5.41, 5.74) is 4.40. The molecule has 0 aliphatic heterocycles. The van der Waals surface area contributed by atoms with E-state index < -0.39 is 0 Å². The summed E-state index contributed by atoms with van der Waals surface area (Å²) in [5, 5.41) is 1.06. The second-order valence-corrected chi connectivity index (χ2v) is 5.24. The standard InChI is InChI=1S/C16H16N4O/c1-10-6-12-13(9-19-15(12)18-7-10)11-4-5-14(17-8-11)16(21)20(2)3/h4-9H,1-3H3,(H,18,19). The molecule has 0 unspecified atom stereocenters. The van der Waals surface area contributed by atoms with E-state index in [1.54, 1.807) is 26.4 Å². The number of H-pyrrole nitrogens is 1. The average molecular weight is 280 g/mol. The molecule has 0 aromatic carbocycles. The van der Waals surface area contributed by atoms with Gasteiger partial charge in [-0.2, -0.15) is 0 Å². The molecule has 3 rings (SSSR count). The van der Waals surface area contributed by atoms with E-state index in [-0.39, 0.29) is 5.91 Å². The normalized spacial score (nSPS) is 10.8. The number of pyridine rings is 2. The second-order valence-electron chi connectivity index (χ2n) is 5.24. The van der Waals surface area contributed by atoms with Crippen molar-refractivity contribution in [3.8, 4) is 11.1 Å². The maximum Gasteiger partial charge on any atom is 0.271 e. The van der Waals surface area contributed by atoms with Crippen molar-refractivity contribution in [1.82, 2.24) is 19.9 Å². The van der Waals surface area contributed by atoms with Crippen LogP contribution in [0.5, 0.6) is 0 Å². The molecule has 21 heavy (non-hydrogen) atoms. The minimum Gasteiger partial charge on any atom is -0.346 e. The van der Waals surface area contributed by atoms with E-state index in [0.29, 0.717) is 5.69 Å². The van der Waals surface area contributed by atoms with Gasteiger partial charge in [0.25, 0.3) is 5.91 Å². The Morgan fingerprint density at radius 3 is 2.67 bits per heavy atom. The third-order valence-electron chi connectivity index (χ3n) is 3.37. The Hall–Kier alpha value is -2.69. The largest absolute Gasteiger partial charge is 0.346 e.